The molecule has 0 bridgehead atoms. The van der Waals surface area contributed by atoms with Crippen molar-refractivity contribution in [2.75, 3.05) is 7.11 Å². The van der Waals surface area contributed by atoms with Crippen molar-refractivity contribution in [2.24, 2.45) is 0 Å². The predicted octanol–water partition coefficient (Wildman–Crippen LogP) is 3.59. The molecular weight excluding hydrogens is 282 g/mol. The van der Waals surface area contributed by atoms with Crippen LogP contribution >= 0.6 is 15.9 Å². The molecule has 1 aromatic carbocycles. The van der Waals surface area contributed by atoms with E-state index in [1.54, 1.807) is 13.2 Å². The molecule has 1 fully saturated rings. The third kappa shape index (κ3) is 1.86. The number of halogens is 1. The SMILES string of the molecule is COc1cc2nc(C3CC3)cc(O)c2cc1Br. The summed E-state index contributed by atoms with van der Waals surface area (Å²) in [6.45, 7) is 0. The van der Waals surface area contributed by atoms with E-state index in [-0.39, 0.29) is 0 Å². The Morgan fingerprint density at radius 2 is 2.12 bits per heavy atom. The number of hydrogen-bond donors (Lipinski definition) is 1. The Morgan fingerprint density at radius 1 is 1.35 bits per heavy atom. The molecule has 3 rings (SSSR count). The van der Waals surface area contributed by atoms with Crippen molar-refractivity contribution >= 4 is 26.8 Å². The van der Waals surface area contributed by atoms with Crippen LogP contribution in [0, 0.1) is 0 Å². The fourth-order valence-corrected chi connectivity index (χ4v) is 2.48. The van der Waals surface area contributed by atoms with E-state index in [1.807, 2.05) is 12.1 Å². The summed E-state index contributed by atoms with van der Waals surface area (Å²) in [5.74, 6) is 1.55. The number of pyridine rings is 1. The van der Waals surface area contributed by atoms with Crippen LogP contribution in [0.4, 0.5) is 0 Å². The van der Waals surface area contributed by atoms with Gasteiger partial charge in [-0.3, -0.25) is 4.98 Å². The molecule has 1 aromatic heterocycles. The highest BCUT2D eigenvalue weighted by Gasteiger charge is 2.26. The van der Waals surface area contributed by atoms with Crippen molar-refractivity contribution < 1.29 is 9.84 Å². The molecule has 0 amide bonds. The number of benzene rings is 1. The predicted molar refractivity (Wildman–Crippen MR) is 69.6 cm³/mol. The lowest BCUT2D eigenvalue weighted by Crippen LogP contribution is -1.91. The van der Waals surface area contributed by atoms with Gasteiger partial charge in [-0.25, -0.2) is 0 Å². The topological polar surface area (TPSA) is 42.4 Å². The van der Waals surface area contributed by atoms with Gasteiger partial charge in [0.2, 0.25) is 0 Å². The summed E-state index contributed by atoms with van der Waals surface area (Å²) in [5, 5.41) is 10.8. The van der Waals surface area contributed by atoms with Gasteiger partial charge in [-0.05, 0) is 34.8 Å². The zero-order valence-electron chi connectivity index (χ0n) is 9.40. The van der Waals surface area contributed by atoms with Gasteiger partial charge in [0.15, 0.2) is 0 Å². The van der Waals surface area contributed by atoms with E-state index in [0.29, 0.717) is 11.7 Å². The van der Waals surface area contributed by atoms with Crippen molar-refractivity contribution in [1.82, 2.24) is 4.98 Å². The highest BCUT2D eigenvalue weighted by atomic mass is 79.9. The first-order valence-corrected chi connectivity index (χ1v) is 6.35. The zero-order valence-corrected chi connectivity index (χ0v) is 11.0. The van der Waals surface area contributed by atoms with Crippen LogP contribution in [0.1, 0.15) is 24.5 Å². The first-order chi connectivity index (χ1) is 8.19. The Hall–Kier alpha value is -1.29. The first-order valence-electron chi connectivity index (χ1n) is 5.56. The van der Waals surface area contributed by atoms with Crippen LogP contribution < -0.4 is 4.74 Å². The van der Waals surface area contributed by atoms with Crippen molar-refractivity contribution in [3.8, 4) is 11.5 Å². The quantitative estimate of drug-likeness (QED) is 0.920. The monoisotopic (exact) mass is 293 g/mol. The Kier molecular flexibility index (Phi) is 2.47. The van der Waals surface area contributed by atoms with Crippen molar-refractivity contribution in [1.29, 1.82) is 0 Å². The number of aromatic hydroxyl groups is 1. The second-order valence-electron chi connectivity index (χ2n) is 4.34. The normalized spacial score (nSPS) is 15.2. The van der Waals surface area contributed by atoms with Crippen LogP contribution in [0.15, 0.2) is 22.7 Å². The van der Waals surface area contributed by atoms with Crippen LogP contribution in [-0.4, -0.2) is 17.2 Å². The standard InChI is InChI=1S/C13H12BrNO2/c1-17-13-6-11-8(4-9(13)14)12(16)5-10(15-11)7-2-3-7/h4-7H,2-3H2,1H3,(H,15,16). The van der Waals surface area contributed by atoms with Gasteiger partial charge >= 0.3 is 0 Å². The average Bonchev–Trinajstić information content (AvgIpc) is 3.13. The van der Waals surface area contributed by atoms with Gasteiger partial charge in [0.05, 0.1) is 17.1 Å². The summed E-state index contributed by atoms with van der Waals surface area (Å²) in [6.07, 6.45) is 2.34. The molecule has 17 heavy (non-hydrogen) atoms. The summed E-state index contributed by atoms with van der Waals surface area (Å²) in [6, 6.07) is 5.47. The summed E-state index contributed by atoms with van der Waals surface area (Å²) in [4.78, 5) is 4.59. The van der Waals surface area contributed by atoms with E-state index in [2.05, 4.69) is 20.9 Å². The van der Waals surface area contributed by atoms with Crippen molar-refractivity contribution in [3.63, 3.8) is 0 Å². The number of rotatable bonds is 2. The lowest BCUT2D eigenvalue weighted by Gasteiger charge is -2.08. The summed E-state index contributed by atoms with van der Waals surface area (Å²) < 4.78 is 6.06. The number of ether oxygens (including phenoxy) is 1. The van der Waals surface area contributed by atoms with E-state index in [9.17, 15) is 5.11 Å². The molecule has 0 saturated heterocycles. The van der Waals surface area contributed by atoms with Crippen LogP contribution in [-0.2, 0) is 0 Å². The van der Waals surface area contributed by atoms with E-state index >= 15 is 0 Å². The highest BCUT2D eigenvalue weighted by molar-refractivity contribution is 9.10. The summed E-state index contributed by atoms with van der Waals surface area (Å²) in [7, 11) is 1.62. The molecular formula is C13H12BrNO2. The largest absolute Gasteiger partial charge is 0.507 e. The van der Waals surface area contributed by atoms with Gasteiger partial charge in [0.25, 0.3) is 0 Å². The van der Waals surface area contributed by atoms with Gasteiger partial charge < -0.3 is 9.84 Å². The number of hydrogen-bond acceptors (Lipinski definition) is 3. The maximum absolute atomic E-state index is 10.0. The highest BCUT2D eigenvalue weighted by Crippen LogP contribution is 2.42. The minimum atomic E-state index is 0.292. The number of aromatic nitrogens is 1. The third-order valence-electron chi connectivity index (χ3n) is 3.08. The molecule has 0 spiro atoms. The molecule has 88 valence electrons. The first kappa shape index (κ1) is 10.8. The molecule has 1 heterocycles. The Morgan fingerprint density at radius 3 is 2.76 bits per heavy atom. The number of nitrogens with zero attached hydrogens (tertiary/aromatic N) is 1. The number of methoxy groups -OCH3 is 1. The number of fused-ring (bicyclic) bond motifs is 1. The van der Waals surface area contributed by atoms with Gasteiger partial charge in [0.1, 0.15) is 11.5 Å². The lowest BCUT2D eigenvalue weighted by atomic mass is 10.1. The molecule has 1 aliphatic rings. The van der Waals surface area contributed by atoms with Crippen molar-refractivity contribution in [3.05, 3.63) is 28.4 Å². The Balaban J connectivity index is 2.24. The maximum Gasteiger partial charge on any atom is 0.135 e. The second-order valence-corrected chi connectivity index (χ2v) is 5.20. The van der Waals surface area contributed by atoms with E-state index in [0.717, 1.165) is 26.8 Å². The van der Waals surface area contributed by atoms with E-state index in [1.165, 1.54) is 12.8 Å². The molecule has 4 heteroatoms. The molecule has 1 saturated carbocycles. The minimum absolute atomic E-state index is 0.292. The smallest absolute Gasteiger partial charge is 0.135 e. The van der Waals surface area contributed by atoms with Gasteiger partial charge in [-0.2, -0.15) is 0 Å². The Labute approximate surface area is 108 Å². The van der Waals surface area contributed by atoms with E-state index in [4.69, 9.17) is 4.74 Å². The van der Waals surface area contributed by atoms with Crippen LogP contribution in [0.25, 0.3) is 10.9 Å². The zero-order chi connectivity index (χ0) is 12.0. The van der Waals surface area contributed by atoms with Gasteiger partial charge in [0, 0.05) is 29.1 Å². The maximum atomic E-state index is 10.0. The van der Waals surface area contributed by atoms with Crippen LogP contribution in [0.5, 0.6) is 11.5 Å². The fourth-order valence-electron chi connectivity index (χ4n) is 1.97. The van der Waals surface area contributed by atoms with E-state index < -0.39 is 0 Å². The van der Waals surface area contributed by atoms with Gasteiger partial charge in [-0.1, -0.05) is 0 Å². The fraction of sp³-hybridized carbons (Fsp3) is 0.308. The molecule has 0 unspecified atom stereocenters. The minimum Gasteiger partial charge on any atom is -0.507 e. The molecule has 2 aromatic rings. The molecule has 0 atom stereocenters. The molecule has 1 aliphatic carbocycles. The third-order valence-corrected chi connectivity index (χ3v) is 3.70. The molecule has 1 N–H and O–H groups in total. The second kappa shape index (κ2) is 3.88. The molecule has 0 aliphatic heterocycles. The Bertz CT molecular complexity index is 593. The summed E-state index contributed by atoms with van der Waals surface area (Å²) in [5.41, 5.74) is 1.77. The lowest BCUT2D eigenvalue weighted by molar-refractivity contribution is 0.412. The molecule has 0 radical (unpaired) electrons. The van der Waals surface area contributed by atoms with Gasteiger partial charge in [-0.15, -0.1) is 0 Å². The van der Waals surface area contributed by atoms with Crippen molar-refractivity contribution in [2.45, 2.75) is 18.8 Å². The van der Waals surface area contributed by atoms with Crippen LogP contribution in [0.2, 0.25) is 0 Å². The summed E-state index contributed by atoms with van der Waals surface area (Å²) >= 11 is 3.41. The average molecular weight is 294 g/mol. The van der Waals surface area contributed by atoms with Crippen LogP contribution in [0.3, 0.4) is 0 Å². The molecule has 3 nitrogen and oxygen atoms in total.